The monoisotopic (exact) mass is 313 g/mol. The van der Waals surface area contributed by atoms with Crippen LogP contribution in [0.4, 0.5) is 0 Å². The Hall–Kier alpha value is -0.140. The molecule has 1 N–H and O–H groups in total. The van der Waals surface area contributed by atoms with E-state index in [1.807, 2.05) is 0 Å². The van der Waals surface area contributed by atoms with Gasteiger partial charge in [-0.1, -0.05) is 11.4 Å². The van der Waals surface area contributed by atoms with Crippen molar-refractivity contribution in [2.75, 3.05) is 26.6 Å². The first-order valence-electron chi connectivity index (χ1n) is 5.32. The van der Waals surface area contributed by atoms with E-state index in [1.165, 1.54) is 25.6 Å². The molecule has 0 radical (unpaired) electrons. The molecule has 1 aliphatic rings. The smallest absolute Gasteiger partial charge is 0.323 e. The Morgan fingerprint density at radius 3 is 2.72 bits per heavy atom. The van der Waals surface area contributed by atoms with Crippen molar-refractivity contribution >= 4 is 40.7 Å². The molecule has 1 unspecified atom stereocenters. The molecule has 0 saturated carbocycles. The lowest BCUT2D eigenvalue weighted by atomic mass is 10.2. The van der Waals surface area contributed by atoms with Crippen molar-refractivity contribution in [1.29, 1.82) is 0 Å². The second-order valence-electron chi connectivity index (χ2n) is 3.48. The molecule has 2 atom stereocenters. The molecule has 1 heterocycles. The average molecular weight is 313 g/mol. The molecule has 0 aromatic rings. The number of esters is 2. The van der Waals surface area contributed by atoms with Crippen LogP contribution in [0, 0.1) is 0 Å². The number of hydrogen-bond acceptors (Lipinski definition) is 7. The van der Waals surface area contributed by atoms with E-state index in [9.17, 15) is 9.59 Å². The van der Waals surface area contributed by atoms with Crippen LogP contribution in [0.5, 0.6) is 0 Å². The van der Waals surface area contributed by atoms with E-state index in [0.29, 0.717) is 6.61 Å². The van der Waals surface area contributed by atoms with E-state index in [1.54, 1.807) is 0 Å². The molecule has 104 valence electrons. The fraction of sp³-hybridized carbons (Fsp3) is 0.778. The minimum absolute atomic E-state index is 0.128. The first-order valence-corrected chi connectivity index (χ1v) is 9.63. The van der Waals surface area contributed by atoms with E-state index < -0.39 is 17.6 Å². The lowest BCUT2D eigenvalue weighted by molar-refractivity contribution is -0.144. The van der Waals surface area contributed by atoms with E-state index in [4.69, 9.17) is 16.3 Å². The average Bonchev–Trinajstić information content (AvgIpc) is 2.79. The van der Waals surface area contributed by atoms with Gasteiger partial charge in [-0.15, -0.1) is 0 Å². The van der Waals surface area contributed by atoms with Crippen molar-refractivity contribution in [2.45, 2.75) is 18.9 Å². The van der Waals surface area contributed by atoms with Gasteiger partial charge in [0.1, 0.15) is 6.04 Å². The molecule has 0 bridgehead atoms. The van der Waals surface area contributed by atoms with E-state index >= 15 is 0 Å². The minimum Gasteiger partial charge on any atom is -0.469 e. The fourth-order valence-electron chi connectivity index (χ4n) is 1.36. The summed E-state index contributed by atoms with van der Waals surface area (Å²) in [5.74, 6) is -0.00324. The first kappa shape index (κ1) is 15.9. The summed E-state index contributed by atoms with van der Waals surface area (Å²) in [7, 11) is 2.60. The highest BCUT2D eigenvalue weighted by molar-refractivity contribution is 8.69. The third-order valence-electron chi connectivity index (χ3n) is 2.27. The maximum absolute atomic E-state index is 11.6. The summed E-state index contributed by atoms with van der Waals surface area (Å²) in [5, 5.41) is 3.01. The topological polar surface area (TPSA) is 73.9 Å². The van der Waals surface area contributed by atoms with Crippen molar-refractivity contribution in [2.24, 2.45) is 0 Å². The van der Waals surface area contributed by atoms with Gasteiger partial charge in [-0.05, 0) is 18.2 Å². The first-order chi connectivity index (χ1) is 8.50. The maximum atomic E-state index is 11.6. The molecule has 1 aliphatic heterocycles. The van der Waals surface area contributed by atoms with Gasteiger partial charge in [-0.2, -0.15) is 0 Å². The quantitative estimate of drug-likeness (QED) is 0.576. The third kappa shape index (κ3) is 4.85. The second-order valence-corrected chi connectivity index (χ2v) is 10.2. The van der Waals surface area contributed by atoms with Crippen LogP contribution in [0.15, 0.2) is 0 Å². The molecule has 0 aliphatic carbocycles. The molecule has 6 nitrogen and oxygen atoms in total. The van der Waals surface area contributed by atoms with Crippen LogP contribution in [0.1, 0.15) is 12.8 Å². The van der Waals surface area contributed by atoms with Gasteiger partial charge in [0, 0.05) is 12.2 Å². The van der Waals surface area contributed by atoms with Gasteiger partial charge in [0.05, 0.1) is 20.8 Å². The molecule has 1 saturated heterocycles. The van der Waals surface area contributed by atoms with Crippen LogP contribution in [-0.4, -0.2) is 44.6 Å². The minimum atomic E-state index is -2.21. The zero-order chi connectivity index (χ0) is 13.6. The van der Waals surface area contributed by atoms with E-state index in [0.717, 1.165) is 5.75 Å². The molecular weight excluding hydrogens is 297 g/mol. The van der Waals surface area contributed by atoms with Crippen molar-refractivity contribution in [3.05, 3.63) is 0 Å². The largest absolute Gasteiger partial charge is 0.469 e. The standard InChI is InChI=1S/C9H16NO5PS2/c1-13-8(11)4-3-7(9(12)14-2)10-16(17)15-5-6-18-16/h7H,3-6H2,1-2H3,(H,10,17)/t7-,16?/m0/s1. The van der Waals surface area contributed by atoms with Gasteiger partial charge in [-0.25, -0.2) is 5.09 Å². The van der Waals surface area contributed by atoms with Gasteiger partial charge in [0.2, 0.25) is 0 Å². The number of rotatable bonds is 6. The number of nitrogens with one attached hydrogen (secondary N) is 1. The molecule has 1 rings (SSSR count). The van der Waals surface area contributed by atoms with Crippen LogP contribution >= 0.6 is 17.0 Å². The van der Waals surface area contributed by atoms with E-state index in [2.05, 4.69) is 14.6 Å². The number of hydrogen-bond donors (Lipinski definition) is 1. The Kier molecular flexibility index (Phi) is 6.59. The van der Waals surface area contributed by atoms with Crippen LogP contribution in [-0.2, 0) is 35.4 Å². The lowest BCUT2D eigenvalue weighted by Crippen LogP contribution is -2.35. The van der Waals surface area contributed by atoms with Crippen LogP contribution < -0.4 is 5.09 Å². The summed E-state index contributed by atoms with van der Waals surface area (Å²) >= 11 is 6.84. The van der Waals surface area contributed by atoms with Crippen molar-refractivity contribution in [3.8, 4) is 0 Å². The SMILES string of the molecule is COC(=O)CC[C@H](NP1(=S)OCCS1)C(=O)OC. The molecule has 0 amide bonds. The second kappa shape index (κ2) is 7.45. The Bertz CT molecular complexity index is 355. The number of methoxy groups -OCH3 is 2. The fourth-order valence-corrected chi connectivity index (χ4v) is 6.33. The molecule has 18 heavy (non-hydrogen) atoms. The van der Waals surface area contributed by atoms with E-state index in [-0.39, 0.29) is 18.8 Å². The predicted molar refractivity (Wildman–Crippen MR) is 72.9 cm³/mol. The normalized spacial score (nSPS) is 24.6. The van der Waals surface area contributed by atoms with Crippen molar-refractivity contribution in [1.82, 2.24) is 5.09 Å². The Labute approximate surface area is 115 Å². The number of carbonyl (C=O) groups is 2. The van der Waals surface area contributed by atoms with Crippen LogP contribution in [0.25, 0.3) is 0 Å². The van der Waals surface area contributed by atoms with Gasteiger partial charge >= 0.3 is 11.9 Å². The molecule has 0 spiro atoms. The Morgan fingerprint density at radius 1 is 1.50 bits per heavy atom. The summed E-state index contributed by atoms with van der Waals surface area (Å²) in [4.78, 5) is 22.7. The lowest BCUT2D eigenvalue weighted by Gasteiger charge is -2.22. The summed E-state index contributed by atoms with van der Waals surface area (Å²) in [6.45, 7) is 0.583. The maximum Gasteiger partial charge on any atom is 0.323 e. The number of ether oxygens (including phenoxy) is 2. The van der Waals surface area contributed by atoms with Gasteiger partial charge in [0.25, 0.3) is 0 Å². The Balaban J connectivity index is 2.58. The van der Waals surface area contributed by atoms with Gasteiger partial charge < -0.3 is 14.0 Å². The molecule has 9 heteroatoms. The van der Waals surface area contributed by atoms with Crippen molar-refractivity contribution < 1.29 is 23.6 Å². The molecule has 1 fully saturated rings. The molecule has 0 aromatic heterocycles. The zero-order valence-corrected chi connectivity index (χ0v) is 12.7. The highest BCUT2D eigenvalue weighted by Gasteiger charge is 2.31. The summed E-state index contributed by atoms with van der Waals surface area (Å²) in [6, 6.07) is -0.634. The zero-order valence-electron chi connectivity index (χ0n) is 10.2. The van der Waals surface area contributed by atoms with Crippen LogP contribution in [0.3, 0.4) is 0 Å². The Morgan fingerprint density at radius 2 is 2.22 bits per heavy atom. The molecule has 0 aromatic carbocycles. The highest BCUT2D eigenvalue weighted by atomic mass is 32.9. The number of carbonyl (C=O) groups excluding carboxylic acids is 2. The predicted octanol–water partition coefficient (Wildman–Crippen LogP) is 1.06. The highest BCUT2D eigenvalue weighted by Crippen LogP contribution is 2.60. The van der Waals surface area contributed by atoms with Crippen LogP contribution in [0.2, 0.25) is 0 Å². The summed E-state index contributed by atoms with van der Waals surface area (Å²) in [5.41, 5.74) is -2.21. The molecular formula is C9H16NO5PS2. The summed E-state index contributed by atoms with van der Waals surface area (Å²) < 4.78 is 14.7. The van der Waals surface area contributed by atoms with Crippen molar-refractivity contribution in [3.63, 3.8) is 0 Å². The van der Waals surface area contributed by atoms with Gasteiger partial charge in [-0.3, -0.25) is 9.59 Å². The summed E-state index contributed by atoms with van der Waals surface area (Å²) in [6.07, 6.45) is 0.408. The third-order valence-corrected chi connectivity index (χ3v) is 7.89. The van der Waals surface area contributed by atoms with Gasteiger partial charge in [0.15, 0.2) is 5.62 Å².